The summed E-state index contributed by atoms with van der Waals surface area (Å²) in [4.78, 5) is 24.2. The minimum atomic E-state index is -1.07. The highest BCUT2D eigenvalue weighted by atomic mass is 16.6. The standard InChI is InChI=1S/C15H19NO4/c1-3-10-20-15(19)16(11-14(17)18)13(4-2)12-8-6-5-7-9-12/h3,5-9,13H,1,4,10-11H2,2H3,(H,17,18). The number of carbonyl (C=O) groups excluding carboxylic acids is 1. The molecule has 0 heterocycles. The number of rotatable bonds is 7. The number of benzene rings is 1. The van der Waals surface area contributed by atoms with Gasteiger partial charge in [-0.2, -0.15) is 0 Å². The molecule has 0 saturated heterocycles. The zero-order valence-electron chi connectivity index (χ0n) is 11.5. The van der Waals surface area contributed by atoms with Gasteiger partial charge in [0.2, 0.25) is 0 Å². The van der Waals surface area contributed by atoms with Crippen LogP contribution in [0.2, 0.25) is 0 Å². The SMILES string of the molecule is C=CCOC(=O)N(CC(=O)O)C(CC)c1ccccc1. The fourth-order valence-corrected chi connectivity index (χ4v) is 1.97. The fraction of sp³-hybridized carbons (Fsp3) is 0.333. The molecule has 1 unspecified atom stereocenters. The lowest BCUT2D eigenvalue weighted by atomic mass is 10.0. The molecule has 1 aromatic rings. The minimum absolute atomic E-state index is 0.0557. The van der Waals surface area contributed by atoms with Crippen molar-refractivity contribution in [1.82, 2.24) is 4.90 Å². The maximum atomic E-state index is 12.0. The van der Waals surface area contributed by atoms with E-state index in [9.17, 15) is 9.59 Å². The van der Waals surface area contributed by atoms with Gasteiger partial charge in [-0.3, -0.25) is 9.69 Å². The third-order valence-corrected chi connectivity index (χ3v) is 2.81. The number of aliphatic carboxylic acids is 1. The summed E-state index contributed by atoms with van der Waals surface area (Å²) in [6.45, 7) is 5.02. The van der Waals surface area contributed by atoms with Crippen LogP contribution >= 0.6 is 0 Å². The Morgan fingerprint density at radius 1 is 1.40 bits per heavy atom. The average Bonchev–Trinajstić information content (AvgIpc) is 2.45. The molecule has 1 rings (SSSR count). The van der Waals surface area contributed by atoms with E-state index < -0.39 is 18.6 Å². The highest BCUT2D eigenvalue weighted by molar-refractivity contribution is 5.77. The summed E-state index contributed by atoms with van der Waals surface area (Å²) < 4.78 is 4.96. The molecule has 0 aromatic heterocycles. The molecule has 1 amide bonds. The van der Waals surface area contributed by atoms with E-state index >= 15 is 0 Å². The van der Waals surface area contributed by atoms with Gasteiger partial charge >= 0.3 is 12.1 Å². The van der Waals surface area contributed by atoms with E-state index in [4.69, 9.17) is 9.84 Å². The van der Waals surface area contributed by atoms with E-state index in [-0.39, 0.29) is 12.6 Å². The Kier molecular flexibility index (Phi) is 6.29. The summed E-state index contributed by atoms with van der Waals surface area (Å²) in [7, 11) is 0. The molecule has 20 heavy (non-hydrogen) atoms. The topological polar surface area (TPSA) is 66.8 Å². The van der Waals surface area contributed by atoms with Crippen molar-refractivity contribution in [3.05, 3.63) is 48.6 Å². The first-order chi connectivity index (χ1) is 9.60. The van der Waals surface area contributed by atoms with Gasteiger partial charge in [-0.25, -0.2) is 4.79 Å². The number of carbonyl (C=O) groups is 2. The van der Waals surface area contributed by atoms with Gasteiger partial charge in [0.05, 0.1) is 6.04 Å². The van der Waals surface area contributed by atoms with Crippen LogP contribution in [0.25, 0.3) is 0 Å². The van der Waals surface area contributed by atoms with E-state index in [2.05, 4.69) is 6.58 Å². The first kappa shape index (κ1) is 15.8. The maximum absolute atomic E-state index is 12.0. The van der Waals surface area contributed by atoms with Gasteiger partial charge < -0.3 is 9.84 Å². The van der Waals surface area contributed by atoms with E-state index in [1.54, 1.807) is 0 Å². The van der Waals surface area contributed by atoms with Crippen LogP contribution in [0.1, 0.15) is 24.9 Å². The van der Waals surface area contributed by atoms with Gasteiger partial charge in [0, 0.05) is 0 Å². The Bertz CT molecular complexity index is 458. The van der Waals surface area contributed by atoms with Gasteiger partial charge in [-0.15, -0.1) is 0 Å². The molecular formula is C15H19NO4. The zero-order valence-corrected chi connectivity index (χ0v) is 11.5. The van der Waals surface area contributed by atoms with Crippen LogP contribution in [0.5, 0.6) is 0 Å². The summed E-state index contributed by atoms with van der Waals surface area (Å²) in [5, 5.41) is 8.98. The van der Waals surface area contributed by atoms with Crippen molar-refractivity contribution >= 4 is 12.1 Å². The quantitative estimate of drug-likeness (QED) is 0.778. The number of amides is 1. The second-order valence-corrected chi connectivity index (χ2v) is 4.22. The molecule has 0 radical (unpaired) electrons. The Labute approximate surface area is 118 Å². The minimum Gasteiger partial charge on any atom is -0.480 e. The predicted molar refractivity (Wildman–Crippen MR) is 75.4 cm³/mol. The third kappa shape index (κ3) is 4.42. The number of nitrogens with zero attached hydrogens (tertiary/aromatic N) is 1. The van der Waals surface area contributed by atoms with Crippen molar-refractivity contribution < 1.29 is 19.4 Å². The lowest BCUT2D eigenvalue weighted by Crippen LogP contribution is -2.39. The Balaban J connectivity index is 2.97. The van der Waals surface area contributed by atoms with E-state index in [1.165, 1.54) is 11.0 Å². The van der Waals surface area contributed by atoms with Crippen molar-refractivity contribution in [1.29, 1.82) is 0 Å². The molecule has 1 N–H and O–H groups in total. The van der Waals surface area contributed by atoms with Crippen LogP contribution in [0, 0.1) is 0 Å². The van der Waals surface area contributed by atoms with E-state index in [1.807, 2.05) is 37.3 Å². The van der Waals surface area contributed by atoms with Crippen LogP contribution in [-0.4, -0.2) is 35.2 Å². The summed E-state index contributed by atoms with van der Waals surface area (Å²) in [5.41, 5.74) is 0.881. The molecule has 5 nitrogen and oxygen atoms in total. The summed E-state index contributed by atoms with van der Waals surface area (Å²) in [5.74, 6) is -1.07. The van der Waals surface area contributed by atoms with Crippen molar-refractivity contribution in [3.63, 3.8) is 0 Å². The van der Waals surface area contributed by atoms with Crippen LogP contribution in [0.15, 0.2) is 43.0 Å². The normalized spacial score (nSPS) is 11.4. The van der Waals surface area contributed by atoms with Crippen LogP contribution in [0.4, 0.5) is 4.79 Å². The van der Waals surface area contributed by atoms with Crippen molar-refractivity contribution in [2.75, 3.05) is 13.2 Å². The van der Waals surface area contributed by atoms with E-state index in [0.717, 1.165) is 5.56 Å². The number of carboxylic acid groups (broad SMARTS) is 1. The number of hydrogen-bond donors (Lipinski definition) is 1. The van der Waals surface area contributed by atoms with Crippen molar-refractivity contribution in [2.45, 2.75) is 19.4 Å². The van der Waals surface area contributed by atoms with Gasteiger partial charge in [0.25, 0.3) is 0 Å². The smallest absolute Gasteiger partial charge is 0.411 e. The highest BCUT2D eigenvalue weighted by Gasteiger charge is 2.26. The average molecular weight is 277 g/mol. The van der Waals surface area contributed by atoms with Crippen molar-refractivity contribution in [3.8, 4) is 0 Å². The van der Waals surface area contributed by atoms with E-state index in [0.29, 0.717) is 6.42 Å². The van der Waals surface area contributed by atoms with Gasteiger partial charge in [-0.05, 0) is 12.0 Å². The molecular weight excluding hydrogens is 258 g/mol. The molecule has 0 aliphatic rings. The second-order valence-electron chi connectivity index (χ2n) is 4.22. The third-order valence-electron chi connectivity index (χ3n) is 2.81. The number of ether oxygens (including phenoxy) is 1. The number of carboxylic acids is 1. The Hall–Kier alpha value is -2.30. The first-order valence-corrected chi connectivity index (χ1v) is 6.41. The molecule has 1 aromatic carbocycles. The molecule has 0 fully saturated rings. The molecule has 5 heteroatoms. The van der Waals surface area contributed by atoms with Gasteiger partial charge in [0.15, 0.2) is 0 Å². The number of hydrogen-bond acceptors (Lipinski definition) is 3. The molecule has 0 saturated carbocycles. The van der Waals surface area contributed by atoms with Crippen LogP contribution in [-0.2, 0) is 9.53 Å². The molecule has 0 aliphatic heterocycles. The second kappa shape index (κ2) is 7.99. The lowest BCUT2D eigenvalue weighted by Gasteiger charge is -2.29. The molecule has 1 atom stereocenters. The zero-order chi connectivity index (χ0) is 15.0. The highest BCUT2D eigenvalue weighted by Crippen LogP contribution is 2.24. The Morgan fingerprint density at radius 2 is 2.05 bits per heavy atom. The predicted octanol–water partition coefficient (Wildman–Crippen LogP) is 2.85. The molecule has 0 bridgehead atoms. The Morgan fingerprint density at radius 3 is 2.55 bits per heavy atom. The monoisotopic (exact) mass is 277 g/mol. The molecule has 0 aliphatic carbocycles. The summed E-state index contributed by atoms with van der Waals surface area (Å²) in [6.07, 6.45) is 1.39. The summed E-state index contributed by atoms with van der Waals surface area (Å²) >= 11 is 0. The van der Waals surface area contributed by atoms with Gasteiger partial charge in [0.1, 0.15) is 13.2 Å². The van der Waals surface area contributed by atoms with Crippen LogP contribution in [0.3, 0.4) is 0 Å². The molecule has 108 valence electrons. The summed E-state index contributed by atoms with van der Waals surface area (Å²) in [6, 6.07) is 8.98. The first-order valence-electron chi connectivity index (χ1n) is 6.41. The largest absolute Gasteiger partial charge is 0.480 e. The maximum Gasteiger partial charge on any atom is 0.411 e. The van der Waals surface area contributed by atoms with Gasteiger partial charge in [-0.1, -0.05) is 49.9 Å². The lowest BCUT2D eigenvalue weighted by molar-refractivity contribution is -0.138. The van der Waals surface area contributed by atoms with Crippen LogP contribution < -0.4 is 0 Å². The molecule has 0 spiro atoms. The fourth-order valence-electron chi connectivity index (χ4n) is 1.97. The van der Waals surface area contributed by atoms with Crippen molar-refractivity contribution in [2.24, 2.45) is 0 Å².